The molecular formula is C17H18N2O2. The molecule has 108 valence electrons. The zero-order chi connectivity index (χ0) is 14.7. The molecule has 1 fully saturated rings. The summed E-state index contributed by atoms with van der Waals surface area (Å²) in [7, 11) is 0. The van der Waals surface area contributed by atoms with Gasteiger partial charge in [0.15, 0.2) is 0 Å². The number of amides is 1. The number of carbonyl (C=O) groups excluding carboxylic acids is 1. The number of rotatable bonds is 3. The topological polar surface area (TPSA) is 64.4 Å². The third-order valence-corrected chi connectivity index (χ3v) is 3.85. The Bertz CT molecular complexity index is 614. The van der Waals surface area contributed by atoms with E-state index < -0.39 is 6.09 Å². The van der Waals surface area contributed by atoms with Gasteiger partial charge in [0, 0.05) is 6.54 Å². The molecule has 1 unspecified atom stereocenters. The Hall–Kier alpha value is -2.33. The van der Waals surface area contributed by atoms with Crippen molar-refractivity contribution in [3.8, 4) is 16.9 Å². The van der Waals surface area contributed by atoms with E-state index in [0.717, 1.165) is 24.2 Å². The van der Waals surface area contributed by atoms with Crippen LogP contribution in [-0.2, 0) is 0 Å². The molecule has 2 aromatic rings. The lowest BCUT2D eigenvalue weighted by molar-refractivity contribution is 0.211. The molecule has 1 aliphatic heterocycles. The molecule has 0 radical (unpaired) electrons. The first kappa shape index (κ1) is 13.6. The van der Waals surface area contributed by atoms with Crippen molar-refractivity contribution in [3.63, 3.8) is 0 Å². The minimum absolute atomic E-state index is 0.458. The molecular weight excluding hydrogens is 264 g/mol. The molecule has 0 aromatic heterocycles. The van der Waals surface area contributed by atoms with Crippen LogP contribution in [-0.4, -0.2) is 19.2 Å². The number of carbonyl (C=O) groups is 1. The summed E-state index contributed by atoms with van der Waals surface area (Å²) in [4.78, 5) is 10.7. The largest absolute Gasteiger partial charge is 0.411 e. The van der Waals surface area contributed by atoms with Gasteiger partial charge in [-0.3, -0.25) is 0 Å². The summed E-state index contributed by atoms with van der Waals surface area (Å²) in [5, 5.41) is 3.39. The Balaban J connectivity index is 1.75. The standard InChI is InChI=1S/C17H18N2O2/c18-17(20)21-16-7-5-13(6-8-16)12-1-3-14(4-2-12)15-9-10-19-11-15/h1-8,15,19H,9-11H2,(H2,18,20). The lowest BCUT2D eigenvalue weighted by Crippen LogP contribution is -2.16. The zero-order valence-electron chi connectivity index (χ0n) is 11.7. The van der Waals surface area contributed by atoms with E-state index in [9.17, 15) is 4.79 Å². The molecule has 1 amide bonds. The molecule has 21 heavy (non-hydrogen) atoms. The van der Waals surface area contributed by atoms with Gasteiger partial charge in [-0.1, -0.05) is 36.4 Å². The van der Waals surface area contributed by atoms with Crippen molar-refractivity contribution in [2.75, 3.05) is 13.1 Å². The van der Waals surface area contributed by atoms with Crippen LogP contribution in [0.25, 0.3) is 11.1 Å². The molecule has 1 aliphatic rings. The van der Waals surface area contributed by atoms with Crippen LogP contribution in [0.5, 0.6) is 5.75 Å². The fourth-order valence-corrected chi connectivity index (χ4v) is 2.72. The molecule has 0 aliphatic carbocycles. The minimum atomic E-state index is -0.794. The minimum Gasteiger partial charge on any atom is -0.411 e. The molecule has 0 bridgehead atoms. The number of hydrogen-bond acceptors (Lipinski definition) is 3. The van der Waals surface area contributed by atoms with E-state index in [1.165, 1.54) is 12.0 Å². The lowest BCUT2D eigenvalue weighted by atomic mass is 9.96. The van der Waals surface area contributed by atoms with Gasteiger partial charge in [-0.2, -0.15) is 0 Å². The van der Waals surface area contributed by atoms with Gasteiger partial charge in [-0.15, -0.1) is 0 Å². The number of nitrogens with one attached hydrogen (secondary N) is 1. The number of nitrogens with two attached hydrogens (primary N) is 1. The molecule has 0 saturated carbocycles. The molecule has 1 saturated heterocycles. The van der Waals surface area contributed by atoms with E-state index in [4.69, 9.17) is 10.5 Å². The molecule has 1 atom stereocenters. The Labute approximate surface area is 123 Å². The highest BCUT2D eigenvalue weighted by Gasteiger charge is 2.16. The number of primary amides is 1. The van der Waals surface area contributed by atoms with Gasteiger partial charge in [0.1, 0.15) is 5.75 Å². The van der Waals surface area contributed by atoms with Crippen LogP contribution in [0.4, 0.5) is 4.79 Å². The smallest absolute Gasteiger partial charge is 0.409 e. The van der Waals surface area contributed by atoms with Gasteiger partial charge in [-0.05, 0) is 47.7 Å². The van der Waals surface area contributed by atoms with Crippen LogP contribution >= 0.6 is 0 Å². The summed E-state index contributed by atoms with van der Waals surface area (Å²) in [5.41, 5.74) is 8.60. The summed E-state index contributed by atoms with van der Waals surface area (Å²) in [5.74, 6) is 1.09. The maximum Gasteiger partial charge on any atom is 0.409 e. The van der Waals surface area contributed by atoms with Crippen molar-refractivity contribution < 1.29 is 9.53 Å². The second-order valence-corrected chi connectivity index (χ2v) is 5.26. The maximum absolute atomic E-state index is 10.7. The normalized spacial score (nSPS) is 17.6. The average Bonchev–Trinajstić information content (AvgIpc) is 3.02. The Morgan fingerprint density at radius 1 is 1.05 bits per heavy atom. The number of benzene rings is 2. The van der Waals surface area contributed by atoms with Crippen molar-refractivity contribution in [1.82, 2.24) is 5.32 Å². The van der Waals surface area contributed by atoms with E-state index in [2.05, 4.69) is 29.6 Å². The van der Waals surface area contributed by atoms with Crippen LogP contribution in [0.2, 0.25) is 0 Å². The predicted octanol–water partition coefficient (Wildman–Crippen LogP) is 2.89. The molecule has 4 nitrogen and oxygen atoms in total. The Morgan fingerprint density at radius 3 is 2.19 bits per heavy atom. The molecule has 3 rings (SSSR count). The van der Waals surface area contributed by atoms with E-state index in [1.807, 2.05) is 12.1 Å². The SMILES string of the molecule is NC(=O)Oc1ccc(-c2ccc(C3CCNC3)cc2)cc1. The Morgan fingerprint density at radius 2 is 1.67 bits per heavy atom. The van der Waals surface area contributed by atoms with Gasteiger partial charge in [0.2, 0.25) is 0 Å². The van der Waals surface area contributed by atoms with Crippen molar-refractivity contribution in [2.45, 2.75) is 12.3 Å². The first-order valence-corrected chi connectivity index (χ1v) is 7.11. The average molecular weight is 282 g/mol. The van der Waals surface area contributed by atoms with Gasteiger partial charge in [0.25, 0.3) is 0 Å². The highest BCUT2D eigenvalue weighted by molar-refractivity contribution is 5.69. The quantitative estimate of drug-likeness (QED) is 0.909. The molecule has 3 N–H and O–H groups in total. The fourth-order valence-electron chi connectivity index (χ4n) is 2.72. The summed E-state index contributed by atoms with van der Waals surface area (Å²) < 4.78 is 4.82. The first-order valence-electron chi connectivity index (χ1n) is 7.11. The maximum atomic E-state index is 10.7. The van der Waals surface area contributed by atoms with Crippen molar-refractivity contribution in [1.29, 1.82) is 0 Å². The number of hydrogen-bond donors (Lipinski definition) is 2. The van der Waals surface area contributed by atoms with Gasteiger partial charge in [0.05, 0.1) is 0 Å². The van der Waals surface area contributed by atoms with Crippen LogP contribution in [0.3, 0.4) is 0 Å². The van der Waals surface area contributed by atoms with Gasteiger partial charge < -0.3 is 15.8 Å². The highest BCUT2D eigenvalue weighted by Crippen LogP contribution is 2.27. The van der Waals surface area contributed by atoms with Crippen molar-refractivity contribution in [3.05, 3.63) is 54.1 Å². The second-order valence-electron chi connectivity index (χ2n) is 5.26. The summed E-state index contributed by atoms with van der Waals surface area (Å²) in [6, 6.07) is 16.0. The second kappa shape index (κ2) is 5.97. The van der Waals surface area contributed by atoms with E-state index in [1.54, 1.807) is 12.1 Å². The van der Waals surface area contributed by atoms with Crippen LogP contribution < -0.4 is 15.8 Å². The first-order chi connectivity index (χ1) is 10.2. The summed E-state index contributed by atoms with van der Waals surface area (Å²) in [6.45, 7) is 2.17. The molecule has 2 aromatic carbocycles. The molecule has 0 spiro atoms. The number of ether oxygens (including phenoxy) is 1. The summed E-state index contributed by atoms with van der Waals surface area (Å²) in [6.07, 6.45) is 0.413. The van der Waals surface area contributed by atoms with E-state index in [-0.39, 0.29) is 0 Å². The zero-order valence-corrected chi connectivity index (χ0v) is 11.7. The van der Waals surface area contributed by atoms with Gasteiger partial charge in [-0.25, -0.2) is 4.79 Å². The lowest BCUT2D eigenvalue weighted by Gasteiger charge is -2.10. The molecule has 1 heterocycles. The van der Waals surface area contributed by atoms with Crippen LogP contribution in [0, 0.1) is 0 Å². The van der Waals surface area contributed by atoms with Crippen molar-refractivity contribution >= 4 is 6.09 Å². The monoisotopic (exact) mass is 282 g/mol. The molecule has 4 heteroatoms. The summed E-state index contributed by atoms with van der Waals surface area (Å²) >= 11 is 0. The van der Waals surface area contributed by atoms with E-state index >= 15 is 0 Å². The third-order valence-electron chi connectivity index (χ3n) is 3.85. The van der Waals surface area contributed by atoms with Crippen LogP contribution in [0.15, 0.2) is 48.5 Å². The van der Waals surface area contributed by atoms with Crippen molar-refractivity contribution in [2.24, 2.45) is 5.73 Å². The van der Waals surface area contributed by atoms with Crippen LogP contribution in [0.1, 0.15) is 17.9 Å². The highest BCUT2D eigenvalue weighted by atomic mass is 16.5. The third kappa shape index (κ3) is 3.23. The van der Waals surface area contributed by atoms with E-state index in [0.29, 0.717) is 11.7 Å². The predicted molar refractivity (Wildman–Crippen MR) is 82.3 cm³/mol. The fraction of sp³-hybridized carbons (Fsp3) is 0.235. The van der Waals surface area contributed by atoms with Gasteiger partial charge >= 0.3 is 6.09 Å². The Kier molecular flexibility index (Phi) is 3.88.